The van der Waals surface area contributed by atoms with Crippen LogP contribution < -0.4 is 5.56 Å². The Hall–Kier alpha value is -2.00. The molecule has 9 heteroatoms. The average molecular weight is 408 g/mol. The van der Waals surface area contributed by atoms with E-state index in [0.717, 1.165) is 50.0 Å². The van der Waals surface area contributed by atoms with Crippen molar-refractivity contribution in [2.24, 2.45) is 0 Å². The first kappa shape index (κ1) is 19.8. The van der Waals surface area contributed by atoms with Crippen LogP contribution in [0.1, 0.15) is 4.88 Å². The van der Waals surface area contributed by atoms with Crippen LogP contribution in [0.3, 0.4) is 0 Å². The van der Waals surface area contributed by atoms with Crippen LogP contribution in [0, 0.1) is 0 Å². The fraction of sp³-hybridized carbons (Fsp3) is 0.389. The molecule has 0 N–H and O–H groups in total. The lowest BCUT2D eigenvalue weighted by molar-refractivity contribution is 0.0358. The summed E-state index contributed by atoms with van der Waals surface area (Å²) in [6.45, 7) is 5.50. The molecule has 0 atom stereocenters. The molecular weight excluding hydrogens is 386 g/mol. The molecule has 0 radical (unpaired) electrons. The minimum Gasteiger partial charge on any atom is -0.379 e. The highest BCUT2D eigenvalue weighted by Gasteiger charge is 2.12. The fourth-order valence-corrected chi connectivity index (χ4v) is 3.92. The molecule has 1 saturated heterocycles. The van der Waals surface area contributed by atoms with E-state index in [2.05, 4.69) is 27.2 Å². The zero-order chi connectivity index (χ0) is 17.8. The zero-order valence-corrected chi connectivity index (χ0v) is 16.5. The molecule has 0 aromatic carbocycles. The van der Waals surface area contributed by atoms with Crippen molar-refractivity contribution in [3.8, 4) is 10.6 Å². The molecule has 3 aromatic rings. The van der Waals surface area contributed by atoms with E-state index in [1.165, 1.54) is 4.88 Å². The van der Waals surface area contributed by atoms with Gasteiger partial charge in [0.1, 0.15) is 5.69 Å². The number of ether oxygens (including phenoxy) is 1. The maximum atomic E-state index is 12.1. The first-order valence-electron chi connectivity index (χ1n) is 8.73. The number of thiophene rings is 1. The van der Waals surface area contributed by atoms with Gasteiger partial charge in [0.2, 0.25) is 0 Å². The summed E-state index contributed by atoms with van der Waals surface area (Å²) in [5.74, 6) is 0. The van der Waals surface area contributed by atoms with Crippen molar-refractivity contribution >= 4 is 23.7 Å². The Morgan fingerprint density at radius 3 is 2.74 bits per heavy atom. The molecule has 1 aliphatic heterocycles. The summed E-state index contributed by atoms with van der Waals surface area (Å²) >= 11 is 1.68. The molecule has 0 amide bonds. The Kier molecular flexibility index (Phi) is 6.78. The number of hydrogen-bond donors (Lipinski definition) is 0. The van der Waals surface area contributed by atoms with Gasteiger partial charge in [0.05, 0.1) is 31.2 Å². The minimum absolute atomic E-state index is 0. The number of nitrogens with zero attached hydrogens (tertiary/aromatic N) is 5. The lowest BCUT2D eigenvalue weighted by atomic mass is 10.3. The first-order valence-corrected chi connectivity index (χ1v) is 9.54. The summed E-state index contributed by atoms with van der Waals surface area (Å²) in [6.07, 6.45) is 3.73. The van der Waals surface area contributed by atoms with E-state index in [0.29, 0.717) is 6.54 Å². The molecule has 0 spiro atoms. The van der Waals surface area contributed by atoms with E-state index in [4.69, 9.17) is 4.74 Å². The van der Waals surface area contributed by atoms with E-state index in [9.17, 15) is 4.79 Å². The van der Waals surface area contributed by atoms with Crippen LogP contribution in [0.5, 0.6) is 0 Å². The van der Waals surface area contributed by atoms with Gasteiger partial charge < -0.3 is 4.74 Å². The number of aromatic nitrogens is 4. The molecule has 3 aromatic heterocycles. The topological polar surface area (TPSA) is 65.2 Å². The SMILES string of the molecule is Cl.O=c1ccc(-c2ccc(Cn3cccn3)s2)nn1CCN1CCOCC1. The van der Waals surface area contributed by atoms with Gasteiger partial charge in [0, 0.05) is 43.0 Å². The van der Waals surface area contributed by atoms with Crippen LogP contribution in [0.15, 0.2) is 47.5 Å². The average Bonchev–Trinajstić information content (AvgIpc) is 3.35. The number of halogens is 1. The monoisotopic (exact) mass is 407 g/mol. The highest BCUT2D eigenvalue weighted by atomic mass is 35.5. The molecule has 0 aliphatic carbocycles. The smallest absolute Gasteiger partial charge is 0.266 e. The largest absolute Gasteiger partial charge is 0.379 e. The molecule has 27 heavy (non-hydrogen) atoms. The van der Waals surface area contributed by atoms with Crippen molar-refractivity contribution in [2.75, 3.05) is 32.8 Å². The molecule has 144 valence electrons. The number of morpholine rings is 1. The summed E-state index contributed by atoms with van der Waals surface area (Å²) in [7, 11) is 0. The highest BCUT2D eigenvalue weighted by molar-refractivity contribution is 7.15. The summed E-state index contributed by atoms with van der Waals surface area (Å²) in [6, 6.07) is 9.47. The Morgan fingerprint density at radius 2 is 1.96 bits per heavy atom. The second-order valence-corrected chi connectivity index (χ2v) is 7.37. The third-order valence-corrected chi connectivity index (χ3v) is 5.48. The van der Waals surface area contributed by atoms with Crippen LogP contribution in [0.2, 0.25) is 0 Å². The van der Waals surface area contributed by atoms with Crippen molar-refractivity contribution < 1.29 is 4.74 Å². The van der Waals surface area contributed by atoms with Gasteiger partial charge in [0.15, 0.2) is 0 Å². The Bertz CT molecular complexity index is 903. The third-order valence-electron chi connectivity index (χ3n) is 4.39. The van der Waals surface area contributed by atoms with Gasteiger partial charge >= 0.3 is 0 Å². The predicted octanol–water partition coefficient (Wildman–Crippen LogP) is 1.97. The maximum Gasteiger partial charge on any atom is 0.266 e. The highest BCUT2D eigenvalue weighted by Crippen LogP contribution is 2.26. The Balaban J connectivity index is 0.00000210. The van der Waals surface area contributed by atoms with E-state index >= 15 is 0 Å². The summed E-state index contributed by atoms with van der Waals surface area (Å²) in [5, 5.41) is 8.81. The predicted molar refractivity (Wildman–Crippen MR) is 108 cm³/mol. The third kappa shape index (κ3) is 5.04. The molecule has 4 rings (SSSR count). The molecule has 1 aliphatic rings. The van der Waals surface area contributed by atoms with Gasteiger partial charge in [-0.25, -0.2) is 4.68 Å². The Labute approximate surface area is 167 Å². The number of hydrogen-bond acceptors (Lipinski definition) is 6. The van der Waals surface area contributed by atoms with Crippen LogP contribution in [-0.2, 0) is 17.8 Å². The van der Waals surface area contributed by atoms with Crippen molar-refractivity contribution in [3.05, 3.63) is 58.0 Å². The van der Waals surface area contributed by atoms with Crippen molar-refractivity contribution in [1.29, 1.82) is 0 Å². The van der Waals surface area contributed by atoms with Crippen LogP contribution >= 0.6 is 23.7 Å². The first-order chi connectivity index (χ1) is 12.8. The van der Waals surface area contributed by atoms with Crippen LogP contribution in [0.4, 0.5) is 0 Å². The lowest BCUT2D eigenvalue weighted by Crippen LogP contribution is -2.39. The normalized spacial score (nSPS) is 14.8. The van der Waals surface area contributed by atoms with Crippen LogP contribution in [-0.4, -0.2) is 57.3 Å². The lowest BCUT2D eigenvalue weighted by Gasteiger charge is -2.26. The van der Waals surface area contributed by atoms with Crippen molar-refractivity contribution in [3.63, 3.8) is 0 Å². The second-order valence-electron chi connectivity index (χ2n) is 6.20. The van der Waals surface area contributed by atoms with Crippen LogP contribution in [0.25, 0.3) is 10.6 Å². The minimum atomic E-state index is -0.0599. The fourth-order valence-electron chi connectivity index (χ4n) is 2.96. The van der Waals surface area contributed by atoms with Gasteiger partial charge in [-0.1, -0.05) is 0 Å². The van der Waals surface area contributed by atoms with Gasteiger partial charge in [0.25, 0.3) is 5.56 Å². The number of rotatable bonds is 6. The molecule has 1 fully saturated rings. The van der Waals surface area contributed by atoms with Crippen molar-refractivity contribution in [2.45, 2.75) is 13.1 Å². The van der Waals surface area contributed by atoms with Crippen molar-refractivity contribution in [1.82, 2.24) is 24.5 Å². The second kappa shape index (κ2) is 9.27. The van der Waals surface area contributed by atoms with Gasteiger partial charge in [-0.05, 0) is 24.3 Å². The molecule has 0 bridgehead atoms. The van der Waals surface area contributed by atoms with E-state index in [1.807, 2.05) is 16.9 Å². The van der Waals surface area contributed by atoms with E-state index < -0.39 is 0 Å². The molecule has 7 nitrogen and oxygen atoms in total. The van der Waals surface area contributed by atoms with Gasteiger partial charge in [-0.15, -0.1) is 23.7 Å². The zero-order valence-electron chi connectivity index (χ0n) is 14.9. The standard InChI is InChI=1S/C18H21N5O2S.ClH/c24-18-5-3-16(20-23(18)9-8-21-10-12-25-13-11-21)17-4-2-15(26-17)14-22-7-1-6-19-22;/h1-7H,8-14H2;1H. The summed E-state index contributed by atoms with van der Waals surface area (Å²) in [4.78, 5) is 16.7. The molecule has 0 unspecified atom stereocenters. The molecular formula is C18H22ClN5O2S. The summed E-state index contributed by atoms with van der Waals surface area (Å²) in [5.41, 5.74) is 0.777. The quantitative estimate of drug-likeness (QED) is 0.625. The molecule has 0 saturated carbocycles. The van der Waals surface area contributed by atoms with Gasteiger partial charge in [-0.3, -0.25) is 14.4 Å². The molecule has 4 heterocycles. The summed E-state index contributed by atoms with van der Waals surface area (Å²) < 4.78 is 8.82. The Morgan fingerprint density at radius 1 is 1.11 bits per heavy atom. The van der Waals surface area contributed by atoms with Gasteiger partial charge in [-0.2, -0.15) is 10.2 Å². The van der Waals surface area contributed by atoms with E-state index in [-0.39, 0.29) is 18.0 Å². The van der Waals surface area contributed by atoms with E-state index in [1.54, 1.807) is 34.3 Å². The maximum absolute atomic E-state index is 12.1.